The fourth-order valence-electron chi connectivity index (χ4n) is 1.08. The van der Waals surface area contributed by atoms with E-state index in [0.29, 0.717) is 19.6 Å². The largest absolute Gasteiger partial charge is 0.396 e. The number of rotatable bonds is 6. The van der Waals surface area contributed by atoms with Crippen LogP contribution in [0.2, 0.25) is 0 Å². The lowest BCUT2D eigenvalue weighted by molar-refractivity contribution is 0.139. The molecule has 2 nitrogen and oxygen atoms in total. The highest BCUT2D eigenvalue weighted by molar-refractivity contribution is 5.48. The minimum atomic E-state index is -0.230. The van der Waals surface area contributed by atoms with Crippen molar-refractivity contribution in [2.24, 2.45) is 0 Å². The van der Waals surface area contributed by atoms with Gasteiger partial charge in [-0.3, -0.25) is 0 Å². The molecule has 0 atom stereocenters. The van der Waals surface area contributed by atoms with E-state index in [9.17, 15) is 4.39 Å². The van der Waals surface area contributed by atoms with Crippen LogP contribution in [-0.4, -0.2) is 24.9 Å². The minimum absolute atomic E-state index is 0.154. The first-order valence-corrected chi connectivity index (χ1v) is 4.93. The lowest BCUT2D eigenvalue weighted by Gasteiger charge is -1.97. The molecular formula is C12H15FO2. The van der Waals surface area contributed by atoms with Crippen LogP contribution < -0.4 is 0 Å². The summed E-state index contributed by atoms with van der Waals surface area (Å²) in [6.45, 7) is 1.23. The van der Waals surface area contributed by atoms with Gasteiger partial charge in [-0.1, -0.05) is 24.3 Å². The van der Waals surface area contributed by atoms with Crippen molar-refractivity contribution in [3.05, 3.63) is 41.7 Å². The molecular weight excluding hydrogens is 195 g/mol. The summed E-state index contributed by atoms with van der Waals surface area (Å²) in [7, 11) is 0. The van der Waals surface area contributed by atoms with Crippen molar-refractivity contribution >= 4 is 6.08 Å². The summed E-state index contributed by atoms with van der Waals surface area (Å²) >= 11 is 0. The van der Waals surface area contributed by atoms with Gasteiger partial charge in [0.15, 0.2) is 0 Å². The molecule has 3 heteroatoms. The Kier molecular flexibility index (Phi) is 5.66. The highest BCUT2D eigenvalue weighted by Gasteiger charge is 1.88. The van der Waals surface area contributed by atoms with Gasteiger partial charge in [-0.05, 0) is 24.1 Å². The quantitative estimate of drug-likeness (QED) is 0.730. The second-order valence-electron chi connectivity index (χ2n) is 3.11. The van der Waals surface area contributed by atoms with Crippen molar-refractivity contribution in [3.63, 3.8) is 0 Å². The maximum atomic E-state index is 12.5. The maximum absolute atomic E-state index is 12.5. The van der Waals surface area contributed by atoms with Crippen LogP contribution in [0.4, 0.5) is 4.39 Å². The molecule has 0 unspecified atom stereocenters. The van der Waals surface area contributed by atoms with E-state index in [1.165, 1.54) is 12.1 Å². The van der Waals surface area contributed by atoms with Gasteiger partial charge in [-0.2, -0.15) is 0 Å². The summed E-state index contributed by atoms with van der Waals surface area (Å²) in [5.41, 5.74) is 0.946. The lowest BCUT2D eigenvalue weighted by Crippen LogP contribution is -1.96. The van der Waals surface area contributed by atoms with E-state index < -0.39 is 0 Å². The number of hydrogen-bond donors (Lipinski definition) is 1. The average molecular weight is 210 g/mol. The summed E-state index contributed by atoms with van der Waals surface area (Å²) in [5, 5.41) is 8.49. The normalized spacial score (nSPS) is 11.1. The fraction of sp³-hybridized carbons (Fsp3) is 0.333. The van der Waals surface area contributed by atoms with Crippen molar-refractivity contribution in [2.45, 2.75) is 6.42 Å². The highest BCUT2D eigenvalue weighted by Crippen LogP contribution is 2.04. The van der Waals surface area contributed by atoms with Crippen LogP contribution in [0, 0.1) is 5.82 Å². The summed E-state index contributed by atoms with van der Waals surface area (Å²) in [4.78, 5) is 0. The van der Waals surface area contributed by atoms with Crippen molar-refractivity contribution < 1.29 is 14.2 Å². The van der Waals surface area contributed by atoms with E-state index in [1.54, 1.807) is 12.1 Å². The third kappa shape index (κ3) is 5.30. The van der Waals surface area contributed by atoms with Crippen LogP contribution in [0.15, 0.2) is 30.3 Å². The fourth-order valence-corrected chi connectivity index (χ4v) is 1.08. The average Bonchev–Trinajstić information content (AvgIpc) is 2.26. The van der Waals surface area contributed by atoms with Gasteiger partial charge in [-0.25, -0.2) is 4.39 Å². The first-order valence-electron chi connectivity index (χ1n) is 4.93. The molecule has 0 amide bonds. The zero-order valence-electron chi connectivity index (χ0n) is 8.53. The molecule has 82 valence electrons. The zero-order valence-corrected chi connectivity index (χ0v) is 8.53. The van der Waals surface area contributed by atoms with Crippen LogP contribution in [0.5, 0.6) is 0 Å². The van der Waals surface area contributed by atoms with Crippen molar-refractivity contribution in [3.8, 4) is 0 Å². The number of benzene rings is 1. The summed E-state index contributed by atoms with van der Waals surface area (Å²) < 4.78 is 17.7. The predicted octanol–water partition coefficient (Wildman–Crippen LogP) is 2.24. The van der Waals surface area contributed by atoms with Crippen molar-refractivity contribution in [2.75, 3.05) is 19.8 Å². The molecule has 0 aliphatic rings. The van der Waals surface area contributed by atoms with Gasteiger partial charge in [0.25, 0.3) is 0 Å². The van der Waals surface area contributed by atoms with Crippen molar-refractivity contribution in [1.29, 1.82) is 0 Å². The summed E-state index contributed by atoms with van der Waals surface area (Å²) in [6, 6.07) is 6.26. The van der Waals surface area contributed by atoms with Crippen molar-refractivity contribution in [1.82, 2.24) is 0 Å². The second-order valence-corrected chi connectivity index (χ2v) is 3.11. The van der Waals surface area contributed by atoms with Gasteiger partial charge in [-0.15, -0.1) is 0 Å². The van der Waals surface area contributed by atoms with Crippen LogP contribution in [0.25, 0.3) is 6.08 Å². The molecule has 1 N–H and O–H groups in total. The Morgan fingerprint density at radius 1 is 1.27 bits per heavy atom. The number of halogens is 1. The van der Waals surface area contributed by atoms with Gasteiger partial charge in [0, 0.05) is 13.2 Å². The Balaban J connectivity index is 2.23. The Hall–Kier alpha value is -1.19. The summed E-state index contributed by atoms with van der Waals surface area (Å²) in [5.74, 6) is -0.230. The molecule has 0 spiro atoms. The van der Waals surface area contributed by atoms with Crippen LogP contribution in [0.3, 0.4) is 0 Å². The minimum Gasteiger partial charge on any atom is -0.396 e. The van der Waals surface area contributed by atoms with E-state index >= 15 is 0 Å². The Bertz CT molecular complexity index is 293. The maximum Gasteiger partial charge on any atom is 0.123 e. The molecule has 0 bridgehead atoms. The molecule has 0 saturated carbocycles. The summed E-state index contributed by atoms with van der Waals surface area (Å²) in [6.07, 6.45) is 4.40. The van der Waals surface area contributed by atoms with E-state index in [1.807, 2.05) is 12.2 Å². The Morgan fingerprint density at radius 2 is 2.00 bits per heavy atom. The second kappa shape index (κ2) is 7.15. The Morgan fingerprint density at radius 3 is 2.67 bits per heavy atom. The molecule has 0 aliphatic carbocycles. The van der Waals surface area contributed by atoms with Gasteiger partial charge in [0.2, 0.25) is 0 Å². The number of aliphatic hydroxyl groups is 1. The van der Waals surface area contributed by atoms with Crippen LogP contribution in [-0.2, 0) is 4.74 Å². The molecule has 15 heavy (non-hydrogen) atoms. The Labute approximate surface area is 89.0 Å². The van der Waals surface area contributed by atoms with E-state index in [2.05, 4.69) is 0 Å². The number of ether oxygens (including phenoxy) is 1. The molecule has 0 heterocycles. The first-order chi connectivity index (χ1) is 7.33. The zero-order chi connectivity index (χ0) is 10.9. The van der Waals surface area contributed by atoms with Gasteiger partial charge < -0.3 is 9.84 Å². The monoisotopic (exact) mass is 210 g/mol. The highest BCUT2D eigenvalue weighted by atomic mass is 19.1. The van der Waals surface area contributed by atoms with Gasteiger partial charge in [0.1, 0.15) is 5.82 Å². The SMILES string of the molecule is OCCCOC/C=C/c1ccc(F)cc1. The van der Waals surface area contributed by atoms with E-state index in [-0.39, 0.29) is 12.4 Å². The molecule has 0 aromatic heterocycles. The topological polar surface area (TPSA) is 29.5 Å². The van der Waals surface area contributed by atoms with Gasteiger partial charge in [0.05, 0.1) is 6.61 Å². The van der Waals surface area contributed by atoms with Crippen LogP contribution >= 0.6 is 0 Å². The van der Waals surface area contributed by atoms with Crippen LogP contribution in [0.1, 0.15) is 12.0 Å². The number of hydrogen-bond acceptors (Lipinski definition) is 2. The van der Waals surface area contributed by atoms with Gasteiger partial charge >= 0.3 is 0 Å². The number of aliphatic hydroxyl groups excluding tert-OH is 1. The first kappa shape index (κ1) is 11.9. The third-order valence-corrected chi connectivity index (χ3v) is 1.84. The molecule has 0 aliphatic heterocycles. The molecule has 1 rings (SSSR count). The molecule has 1 aromatic rings. The predicted molar refractivity (Wildman–Crippen MR) is 58.0 cm³/mol. The smallest absolute Gasteiger partial charge is 0.123 e. The standard InChI is InChI=1S/C12H15FO2/c13-12-6-4-11(5-7-12)3-1-9-15-10-2-8-14/h1,3-7,14H,2,8-10H2/b3-1+. The molecule has 0 saturated heterocycles. The third-order valence-electron chi connectivity index (χ3n) is 1.84. The van der Waals surface area contributed by atoms with E-state index in [4.69, 9.17) is 9.84 Å². The molecule has 1 aromatic carbocycles. The molecule has 0 fully saturated rings. The van der Waals surface area contributed by atoms with E-state index in [0.717, 1.165) is 5.56 Å². The lowest BCUT2D eigenvalue weighted by atomic mass is 10.2. The molecule has 0 radical (unpaired) electrons.